The Hall–Kier alpha value is -1.49. The van der Waals surface area contributed by atoms with Crippen LogP contribution in [-0.2, 0) is 9.53 Å². The highest BCUT2D eigenvalue weighted by Gasteiger charge is 2.24. The minimum Gasteiger partial charge on any atom is -0.468 e. The lowest BCUT2D eigenvalue weighted by Crippen LogP contribution is -2.25. The summed E-state index contributed by atoms with van der Waals surface area (Å²) in [6.07, 6.45) is 0. The molecule has 2 N–H and O–H groups in total. The molecule has 0 radical (unpaired) electrons. The molecule has 0 spiro atoms. The SMILES string of the molecule is COC(=O)C(N)c1c(F)ccc(C)c1F. The van der Waals surface area contributed by atoms with Crippen LogP contribution in [0.15, 0.2) is 12.1 Å². The third-order valence-electron chi connectivity index (χ3n) is 2.09. The van der Waals surface area contributed by atoms with Gasteiger partial charge in [0.25, 0.3) is 0 Å². The average molecular weight is 215 g/mol. The predicted octanol–water partition coefficient (Wildman–Crippen LogP) is 1.45. The number of hydrogen-bond acceptors (Lipinski definition) is 3. The number of carbonyl (C=O) groups is 1. The highest BCUT2D eigenvalue weighted by Crippen LogP contribution is 2.22. The highest BCUT2D eigenvalue weighted by molar-refractivity contribution is 5.77. The monoisotopic (exact) mass is 215 g/mol. The molecule has 82 valence electrons. The van der Waals surface area contributed by atoms with Crippen LogP contribution >= 0.6 is 0 Å². The van der Waals surface area contributed by atoms with Gasteiger partial charge in [0.1, 0.15) is 17.7 Å². The van der Waals surface area contributed by atoms with Crippen LogP contribution in [0.1, 0.15) is 17.2 Å². The fourth-order valence-corrected chi connectivity index (χ4v) is 1.21. The Morgan fingerprint density at radius 3 is 2.60 bits per heavy atom. The minimum absolute atomic E-state index is 0.228. The summed E-state index contributed by atoms with van der Waals surface area (Å²) in [6, 6.07) is 0.907. The zero-order valence-corrected chi connectivity index (χ0v) is 8.38. The van der Waals surface area contributed by atoms with Gasteiger partial charge in [0, 0.05) is 0 Å². The Balaban J connectivity index is 3.24. The van der Waals surface area contributed by atoms with Crippen molar-refractivity contribution in [2.75, 3.05) is 7.11 Å². The number of rotatable bonds is 2. The third kappa shape index (κ3) is 2.12. The van der Waals surface area contributed by atoms with Gasteiger partial charge < -0.3 is 10.5 Å². The van der Waals surface area contributed by atoms with Crippen molar-refractivity contribution in [2.24, 2.45) is 5.73 Å². The van der Waals surface area contributed by atoms with Crippen LogP contribution in [0.3, 0.4) is 0 Å². The number of benzene rings is 1. The molecule has 1 atom stereocenters. The van der Waals surface area contributed by atoms with E-state index in [-0.39, 0.29) is 5.56 Å². The summed E-state index contributed by atoms with van der Waals surface area (Å²) in [5, 5.41) is 0. The molecule has 15 heavy (non-hydrogen) atoms. The second-order valence-electron chi connectivity index (χ2n) is 3.09. The van der Waals surface area contributed by atoms with Gasteiger partial charge in [-0.2, -0.15) is 0 Å². The number of carbonyl (C=O) groups excluding carboxylic acids is 1. The molecule has 0 aromatic heterocycles. The number of ether oxygens (including phenoxy) is 1. The van der Waals surface area contributed by atoms with E-state index in [4.69, 9.17) is 5.73 Å². The number of hydrogen-bond donors (Lipinski definition) is 1. The molecule has 0 aliphatic heterocycles. The van der Waals surface area contributed by atoms with E-state index in [9.17, 15) is 13.6 Å². The Labute approximate surface area is 85.8 Å². The van der Waals surface area contributed by atoms with E-state index < -0.39 is 29.2 Å². The molecule has 0 aliphatic rings. The molecule has 5 heteroatoms. The molecule has 0 heterocycles. The molecule has 3 nitrogen and oxygen atoms in total. The summed E-state index contributed by atoms with van der Waals surface area (Å²) in [6.45, 7) is 1.46. The lowest BCUT2D eigenvalue weighted by Gasteiger charge is -2.12. The van der Waals surface area contributed by atoms with E-state index >= 15 is 0 Å². The van der Waals surface area contributed by atoms with Crippen molar-refractivity contribution in [2.45, 2.75) is 13.0 Å². The first-order chi connectivity index (χ1) is 6.99. The molecule has 1 aromatic rings. The lowest BCUT2D eigenvalue weighted by molar-refractivity contribution is -0.142. The van der Waals surface area contributed by atoms with Crippen LogP contribution in [0.5, 0.6) is 0 Å². The average Bonchev–Trinajstić information content (AvgIpc) is 2.22. The molecule has 0 aliphatic carbocycles. The standard InChI is InChI=1S/C10H11F2NO2/c1-5-3-4-6(11)7(8(5)12)9(13)10(14)15-2/h3-4,9H,13H2,1-2H3. The molecular formula is C10H11F2NO2. The van der Waals surface area contributed by atoms with Gasteiger partial charge in [-0.05, 0) is 18.6 Å². The number of esters is 1. The molecular weight excluding hydrogens is 204 g/mol. The van der Waals surface area contributed by atoms with E-state index in [1.54, 1.807) is 0 Å². The Morgan fingerprint density at radius 2 is 2.07 bits per heavy atom. The van der Waals surface area contributed by atoms with Crippen LogP contribution in [0.25, 0.3) is 0 Å². The lowest BCUT2D eigenvalue weighted by atomic mass is 10.0. The fraction of sp³-hybridized carbons (Fsp3) is 0.300. The molecule has 0 saturated carbocycles. The Kier molecular flexibility index (Phi) is 3.36. The van der Waals surface area contributed by atoms with Crippen molar-refractivity contribution < 1.29 is 18.3 Å². The number of methoxy groups -OCH3 is 1. The van der Waals surface area contributed by atoms with E-state index in [1.807, 2.05) is 0 Å². The number of nitrogens with two attached hydrogens (primary N) is 1. The molecule has 0 amide bonds. The van der Waals surface area contributed by atoms with Gasteiger partial charge in [-0.1, -0.05) is 6.07 Å². The summed E-state index contributed by atoms with van der Waals surface area (Å²) in [5.74, 6) is -2.54. The maximum Gasteiger partial charge on any atom is 0.327 e. The van der Waals surface area contributed by atoms with Gasteiger partial charge >= 0.3 is 5.97 Å². The fourth-order valence-electron chi connectivity index (χ4n) is 1.21. The molecule has 1 aromatic carbocycles. The van der Waals surface area contributed by atoms with Crippen molar-refractivity contribution in [3.63, 3.8) is 0 Å². The zero-order chi connectivity index (χ0) is 11.6. The maximum atomic E-state index is 13.5. The van der Waals surface area contributed by atoms with Crippen LogP contribution in [-0.4, -0.2) is 13.1 Å². The zero-order valence-electron chi connectivity index (χ0n) is 8.38. The molecule has 0 bridgehead atoms. The third-order valence-corrected chi connectivity index (χ3v) is 2.09. The second-order valence-corrected chi connectivity index (χ2v) is 3.09. The van der Waals surface area contributed by atoms with Crippen LogP contribution in [0, 0.1) is 18.6 Å². The minimum atomic E-state index is -1.44. The summed E-state index contributed by atoms with van der Waals surface area (Å²) in [7, 11) is 1.10. The molecule has 1 unspecified atom stereocenters. The smallest absolute Gasteiger partial charge is 0.327 e. The van der Waals surface area contributed by atoms with Crippen LogP contribution in [0.2, 0.25) is 0 Å². The van der Waals surface area contributed by atoms with Crippen molar-refractivity contribution >= 4 is 5.97 Å². The van der Waals surface area contributed by atoms with Crippen molar-refractivity contribution in [1.29, 1.82) is 0 Å². The van der Waals surface area contributed by atoms with Crippen molar-refractivity contribution in [3.05, 3.63) is 34.9 Å². The summed E-state index contributed by atoms with van der Waals surface area (Å²) in [4.78, 5) is 11.0. The normalized spacial score (nSPS) is 12.3. The van der Waals surface area contributed by atoms with E-state index in [0.29, 0.717) is 0 Å². The first kappa shape index (κ1) is 11.6. The van der Waals surface area contributed by atoms with Gasteiger partial charge in [0.05, 0.1) is 12.7 Å². The molecule has 0 fully saturated rings. The number of aryl methyl sites for hydroxylation is 1. The van der Waals surface area contributed by atoms with Crippen molar-refractivity contribution in [3.8, 4) is 0 Å². The first-order valence-corrected chi connectivity index (χ1v) is 4.27. The highest BCUT2D eigenvalue weighted by atomic mass is 19.1. The molecule has 1 rings (SSSR count). The predicted molar refractivity (Wildman–Crippen MR) is 50.0 cm³/mol. The summed E-state index contributed by atoms with van der Waals surface area (Å²) in [5.41, 5.74) is 5.14. The summed E-state index contributed by atoms with van der Waals surface area (Å²) >= 11 is 0. The Morgan fingerprint density at radius 1 is 1.47 bits per heavy atom. The quantitative estimate of drug-likeness (QED) is 0.759. The summed E-state index contributed by atoms with van der Waals surface area (Å²) < 4.78 is 31.1. The van der Waals surface area contributed by atoms with E-state index in [0.717, 1.165) is 13.2 Å². The van der Waals surface area contributed by atoms with Gasteiger partial charge in [-0.25, -0.2) is 8.78 Å². The van der Waals surface area contributed by atoms with Gasteiger partial charge in [-0.3, -0.25) is 4.79 Å². The Bertz CT molecular complexity index is 393. The van der Waals surface area contributed by atoms with Crippen molar-refractivity contribution in [1.82, 2.24) is 0 Å². The number of halogens is 2. The van der Waals surface area contributed by atoms with E-state index in [1.165, 1.54) is 13.0 Å². The maximum absolute atomic E-state index is 13.5. The van der Waals surface area contributed by atoms with E-state index in [2.05, 4.69) is 4.74 Å². The van der Waals surface area contributed by atoms with Gasteiger partial charge in [0.2, 0.25) is 0 Å². The largest absolute Gasteiger partial charge is 0.468 e. The first-order valence-electron chi connectivity index (χ1n) is 4.27. The van der Waals surface area contributed by atoms with Gasteiger partial charge in [-0.15, -0.1) is 0 Å². The second kappa shape index (κ2) is 4.35. The van der Waals surface area contributed by atoms with Crippen LogP contribution in [0.4, 0.5) is 8.78 Å². The van der Waals surface area contributed by atoms with Crippen LogP contribution < -0.4 is 5.73 Å². The van der Waals surface area contributed by atoms with Gasteiger partial charge in [0.15, 0.2) is 0 Å². The topological polar surface area (TPSA) is 52.3 Å². The molecule has 0 saturated heterocycles.